The first-order chi connectivity index (χ1) is 12.0. The molecule has 0 radical (unpaired) electrons. The Kier molecular flexibility index (Phi) is 4.80. The van der Waals surface area contributed by atoms with Crippen LogP contribution in [0.1, 0.15) is 36.1 Å². The number of hydrogen-bond acceptors (Lipinski definition) is 5. The number of aryl methyl sites for hydroxylation is 1. The molecule has 1 aromatic heterocycles. The second kappa shape index (κ2) is 6.87. The molecular formula is C17H16Cl2N4O2. The minimum Gasteiger partial charge on any atom is -0.495 e. The first-order valence-corrected chi connectivity index (χ1v) is 8.45. The van der Waals surface area contributed by atoms with Crippen LogP contribution >= 0.6 is 23.2 Å². The molecule has 6 nitrogen and oxygen atoms in total. The number of halogens is 2. The number of aromatic amines is 1. The average molecular weight is 379 g/mol. The number of hydrogen-bond donors (Lipinski definition) is 2. The normalized spacial score (nSPS) is 16.2. The van der Waals surface area contributed by atoms with Crippen molar-refractivity contribution >= 4 is 23.2 Å². The van der Waals surface area contributed by atoms with Gasteiger partial charge >= 0.3 is 0 Å². The fourth-order valence-corrected chi connectivity index (χ4v) is 3.66. The predicted octanol–water partition coefficient (Wildman–Crippen LogP) is 3.90. The highest BCUT2D eigenvalue weighted by Crippen LogP contribution is 2.48. The van der Waals surface area contributed by atoms with Crippen molar-refractivity contribution in [2.24, 2.45) is 5.73 Å². The number of nitrogens with two attached hydrogens (primary N) is 1. The lowest BCUT2D eigenvalue weighted by Gasteiger charge is -2.26. The summed E-state index contributed by atoms with van der Waals surface area (Å²) in [5.41, 5.74) is 8.49. The second-order valence-corrected chi connectivity index (χ2v) is 6.45. The van der Waals surface area contributed by atoms with Crippen molar-refractivity contribution in [2.45, 2.75) is 25.7 Å². The van der Waals surface area contributed by atoms with Crippen LogP contribution in [0.2, 0.25) is 10.0 Å². The van der Waals surface area contributed by atoms with Gasteiger partial charge in [-0.2, -0.15) is 5.26 Å². The van der Waals surface area contributed by atoms with Gasteiger partial charge in [0.05, 0.1) is 23.6 Å². The number of nitrogens with zero attached hydrogens (tertiary/aromatic N) is 2. The van der Waals surface area contributed by atoms with Gasteiger partial charge in [0.25, 0.3) is 0 Å². The Bertz CT molecular complexity index is 899. The Morgan fingerprint density at radius 3 is 2.84 bits per heavy atom. The molecule has 1 aliphatic rings. The first-order valence-electron chi connectivity index (χ1n) is 7.69. The molecule has 8 heteroatoms. The topological polar surface area (TPSA) is 97.0 Å². The summed E-state index contributed by atoms with van der Waals surface area (Å²) >= 11 is 12.5. The highest BCUT2D eigenvalue weighted by molar-refractivity contribution is 6.35. The molecule has 3 N–H and O–H groups in total. The van der Waals surface area contributed by atoms with Crippen molar-refractivity contribution in [1.29, 1.82) is 5.26 Å². The number of ether oxygens (including phenoxy) is 2. The van der Waals surface area contributed by atoms with Crippen LogP contribution in [0, 0.1) is 11.3 Å². The zero-order valence-corrected chi connectivity index (χ0v) is 15.2. The lowest BCUT2D eigenvalue weighted by molar-refractivity contribution is 0.375. The van der Waals surface area contributed by atoms with Gasteiger partial charge in [-0.05, 0) is 18.6 Å². The summed E-state index contributed by atoms with van der Waals surface area (Å²) in [6, 6.07) is 5.45. The number of rotatable bonds is 4. The number of allylic oxidation sites excluding steroid dienone is 1. The molecule has 0 spiro atoms. The first kappa shape index (κ1) is 17.5. The average Bonchev–Trinajstić information content (AvgIpc) is 2.95. The molecule has 2 heterocycles. The Hall–Kier alpha value is -2.36. The molecule has 1 aliphatic heterocycles. The zero-order chi connectivity index (χ0) is 18.1. The van der Waals surface area contributed by atoms with Crippen LogP contribution in [0.3, 0.4) is 0 Å². The fraction of sp³-hybridized carbons (Fsp3) is 0.294. The number of benzene rings is 1. The number of H-pyrrole nitrogens is 1. The third-order valence-corrected chi connectivity index (χ3v) is 4.57. The van der Waals surface area contributed by atoms with Crippen LogP contribution in [0.15, 0.2) is 23.6 Å². The number of nitrogens with one attached hydrogen (secondary N) is 1. The van der Waals surface area contributed by atoms with E-state index in [2.05, 4.69) is 23.2 Å². The quantitative estimate of drug-likeness (QED) is 0.840. The smallest absolute Gasteiger partial charge is 0.244 e. The van der Waals surface area contributed by atoms with Crippen LogP contribution in [-0.2, 0) is 6.42 Å². The molecule has 0 fully saturated rings. The number of methoxy groups -OCH3 is 1. The molecule has 130 valence electrons. The van der Waals surface area contributed by atoms with Crippen LogP contribution < -0.4 is 15.2 Å². The van der Waals surface area contributed by atoms with Gasteiger partial charge in [-0.25, -0.2) is 0 Å². The maximum absolute atomic E-state index is 9.67. The van der Waals surface area contributed by atoms with Gasteiger partial charge in [0.2, 0.25) is 11.8 Å². The Labute approximate surface area is 155 Å². The summed E-state index contributed by atoms with van der Waals surface area (Å²) in [5.74, 6) is 0.268. The molecule has 0 saturated heterocycles. The van der Waals surface area contributed by atoms with E-state index in [1.54, 1.807) is 12.1 Å². The monoisotopic (exact) mass is 378 g/mol. The SMILES string of the molecule is CCCc1[nH]nc2c1C(c1cc(Cl)cc(Cl)c1OC)C(C#N)=C(N)O2. The van der Waals surface area contributed by atoms with Gasteiger partial charge in [0, 0.05) is 16.3 Å². The molecule has 1 atom stereocenters. The highest BCUT2D eigenvalue weighted by atomic mass is 35.5. The molecule has 2 aromatic rings. The molecule has 0 bridgehead atoms. The summed E-state index contributed by atoms with van der Waals surface area (Å²) in [4.78, 5) is 0. The molecular weight excluding hydrogens is 363 g/mol. The maximum atomic E-state index is 9.67. The van der Waals surface area contributed by atoms with E-state index >= 15 is 0 Å². The van der Waals surface area contributed by atoms with Crippen molar-refractivity contribution in [1.82, 2.24) is 10.2 Å². The number of nitriles is 1. The standard InChI is InChI=1S/C17H16Cl2N4O2/c1-3-4-12-14-13(9-5-8(18)6-11(19)15(9)24-2)10(7-20)16(21)25-17(14)23-22-12/h5-6,13H,3-4,21H2,1-2H3,(H,22,23). The van der Waals surface area contributed by atoms with Crippen LogP contribution in [-0.4, -0.2) is 17.3 Å². The van der Waals surface area contributed by atoms with Crippen LogP contribution in [0.25, 0.3) is 0 Å². The lowest BCUT2D eigenvalue weighted by atomic mass is 9.83. The third-order valence-electron chi connectivity index (χ3n) is 4.07. The van der Waals surface area contributed by atoms with Crippen molar-refractivity contribution in [3.8, 4) is 17.7 Å². The fourth-order valence-electron chi connectivity index (χ4n) is 3.07. The van der Waals surface area contributed by atoms with Crippen LogP contribution in [0.4, 0.5) is 0 Å². The van der Waals surface area contributed by atoms with E-state index < -0.39 is 5.92 Å². The van der Waals surface area contributed by atoms with Gasteiger partial charge in [-0.1, -0.05) is 36.5 Å². The Morgan fingerprint density at radius 2 is 2.20 bits per heavy atom. The summed E-state index contributed by atoms with van der Waals surface area (Å²) in [6.45, 7) is 2.05. The predicted molar refractivity (Wildman–Crippen MR) is 94.9 cm³/mol. The van der Waals surface area contributed by atoms with E-state index in [-0.39, 0.29) is 11.5 Å². The van der Waals surface area contributed by atoms with Gasteiger partial charge in [0.1, 0.15) is 17.4 Å². The minimum absolute atomic E-state index is 0.00713. The lowest BCUT2D eigenvalue weighted by Crippen LogP contribution is -2.21. The van der Waals surface area contributed by atoms with Crippen LogP contribution in [0.5, 0.6) is 11.6 Å². The third kappa shape index (κ3) is 2.90. The Morgan fingerprint density at radius 1 is 1.44 bits per heavy atom. The van der Waals surface area contributed by atoms with E-state index in [4.69, 9.17) is 38.4 Å². The van der Waals surface area contributed by atoms with Crippen molar-refractivity contribution < 1.29 is 9.47 Å². The molecule has 3 rings (SSSR count). The van der Waals surface area contributed by atoms with E-state index in [1.165, 1.54) is 7.11 Å². The summed E-state index contributed by atoms with van der Waals surface area (Å²) in [7, 11) is 1.51. The zero-order valence-electron chi connectivity index (χ0n) is 13.7. The summed E-state index contributed by atoms with van der Waals surface area (Å²) < 4.78 is 11.0. The van der Waals surface area contributed by atoms with E-state index in [0.717, 1.165) is 24.1 Å². The largest absolute Gasteiger partial charge is 0.495 e. The van der Waals surface area contributed by atoms with Crippen molar-refractivity contribution in [3.63, 3.8) is 0 Å². The highest BCUT2D eigenvalue weighted by Gasteiger charge is 2.37. The molecule has 0 saturated carbocycles. The van der Waals surface area contributed by atoms with Crippen molar-refractivity contribution in [2.75, 3.05) is 7.11 Å². The van der Waals surface area contributed by atoms with Gasteiger partial charge in [0.15, 0.2) is 0 Å². The number of fused-ring (bicyclic) bond motifs is 1. The van der Waals surface area contributed by atoms with Gasteiger partial charge < -0.3 is 15.2 Å². The van der Waals surface area contributed by atoms with Gasteiger partial charge in [-0.15, -0.1) is 5.10 Å². The summed E-state index contributed by atoms with van der Waals surface area (Å²) in [6.07, 6.45) is 1.65. The molecule has 0 amide bonds. The molecule has 25 heavy (non-hydrogen) atoms. The van der Waals surface area contributed by atoms with Gasteiger partial charge in [-0.3, -0.25) is 5.10 Å². The summed E-state index contributed by atoms with van der Waals surface area (Å²) in [5, 5.41) is 17.6. The van der Waals surface area contributed by atoms with E-state index in [9.17, 15) is 5.26 Å². The van der Waals surface area contributed by atoms with Crippen molar-refractivity contribution in [3.05, 3.63) is 50.5 Å². The second-order valence-electron chi connectivity index (χ2n) is 5.61. The molecule has 0 aliphatic carbocycles. The van der Waals surface area contributed by atoms with E-state index in [0.29, 0.717) is 27.2 Å². The number of aromatic nitrogens is 2. The van der Waals surface area contributed by atoms with E-state index in [1.807, 2.05) is 0 Å². The molecule has 1 aromatic carbocycles. The Balaban J connectivity index is 2.31. The minimum atomic E-state index is -0.528. The maximum Gasteiger partial charge on any atom is 0.244 e. The molecule has 1 unspecified atom stereocenters.